The zero-order chi connectivity index (χ0) is 20.6. The summed E-state index contributed by atoms with van der Waals surface area (Å²) >= 11 is 0. The highest BCUT2D eigenvalue weighted by atomic mass is 16.3. The minimum absolute atomic E-state index is 0.333. The molecule has 0 radical (unpaired) electrons. The van der Waals surface area contributed by atoms with E-state index in [1.807, 2.05) is 43.3 Å². The Bertz CT molecular complexity index is 709. The molecular weight excluding hydrogens is 366 g/mol. The number of aliphatic hydroxyl groups is 1. The molecule has 1 aliphatic heterocycles. The van der Waals surface area contributed by atoms with Gasteiger partial charge in [-0.3, -0.25) is 14.7 Å². The van der Waals surface area contributed by atoms with Gasteiger partial charge in [-0.15, -0.1) is 0 Å². The smallest absolute Gasteiger partial charge is 0.120 e. The lowest BCUT2D eigenvalue weighted by molar-refractivity contribution is 0.115. The second-order valence-electron chi connectivity index (χ2n) is 7.96. The molecule has 6 nitrogen and oxygen atoms in total. The number of β-amino-alcohol motifs (C(OH)–C–C–N with tert-alkyl or cyclic N) is 1. The van der Waals surface area contributed by atoms with Crippen LogP contribution in [0.15, 0.2) is 48.5 Å². The van der Waals surface area contributed by atoms with Crippen LogP contribution < -0.4 is 0 Å². The Morgan fingerprint density at radius 3 is 1.45 bits per heavy atom. The Labute approximate surface area is 173 Å². The second kappa shape index (κ2) is 10.6. The third kappa shape index (κ3) is 6.72. The number of hydrogen-bond acceptors (Lipinski definition) is 6. The summed E-state index contributed by atoms with van der Waals surface area (Å²) in [4.78, 5) is 7.01. The maximum atomic E-state index is 10.2. The molecule has 3 N–H and O–H groups in total. The topological polar surface area (TPSA) is 70.4 Å². The van der Waals surface area contributed by atoms with Gasteiger partial charge in [-0.25, -0.2) is 0 Å². The molecule has 1 aliphatic rings. The molecule has 0 spiro atoms. The van der Waals surface area contributed by atoms with Gasteiger partial charge in [0.15, 0.2) is 0 Å². The van der Waals surface area contributed by atoms with E-state index < -0.39 is 0 Å². The van der Waals surface area contributed by atoms with E-state index in [9.17, 15) is 15.3 Å². The van der Waals surface area contributed by atoms with Crippen LogP contribution in [0.3, 0.4) is 0 Å². The molecular formula is C23H33N3O3. The van der Waals surface area contributed by atoms with Gasteiger partial charge >= 0.3 is 0 Å². The van der Waals surface area contributed by atoms with Gasteiger partial charge in [0.2, 0.25) is 0 Å². The number of hydrogen-bond donors (Lipinski definition) is 3. The van der Waals surface area contributed by atoms with Gasteiger partial charge in [0, 0.05) is 70.0 Å². The fourth-order valence-electron chi connectivity index (χ4n) is 3.83. The summed E-state index contributed by atoms with van der Waals surface area (Å²) in [5.41, 5.74) is 1.86. The third-order valence-corrected chi connectivity index (χ3v) is 5.49. The highest BCUT2D eigenvalue weighted by molar-refractivity contribution is 5.32. The maximum Gasteiger partial charge on any atom is 0.120 e. The van der Waals surface area contributed by atoms with E-state index in [-0.39, 0.29) is 6.10 Å². The van der Waals surface area contributed by atoms with Gasteiger partial charge in [0.25, 0.3) is 0 Å². The van der Waals surface area contributed by atoms with Crippen molar-refractivity contribution in [2.75, 3.05) is 45.8 Å². The van der Waals surface area contributed by atoms with Gasteiger partial charge in [0.05, 0.1) is 6.10 Å². The molecule has 0 aliphatic carbocycles. The van der Waals surface area contributed by atoms with Crippen molar-refractivity contribution in [1.82, 2.24) is 14.7 Å². The summed E-state index contributed by atoms with van der Waals surface area (Å²) in [7, 11) is 0. The van der Waals surface area contributed by atoms with E-state index >= 15 is 0 Å². The summed E-state index contributed by atoms with van der Waals surface area (Å²) in [5, 5.41) is 30.2. The predicted octanol–water partition coefficient (Wildman–Crippen LogP) is 2.10. The van der Waals surface area contributed by atoms with Crippen LogP contribution in [0.2, 0.25) is 0 Å². The molecule has 1 heterocycles. The van der Waals surface area contributed by atoms with E-state index in [4.69, 9.17) is 0 Å². The molecule has 0 bridgehead atoms. The Morgan fingerprint density at radius 2 is 1.07 bits per heavy atom. The monoisotopic (exact) mass is 399 g/mol. The Balaban J connectivity index is 1.71. The molecule has 2 aromatic carbocycles. The molecule has 3 rings (SSSR count). The SMILES string of the molecule is C[C@H](O)CN1CCN(Cc2ccccc2O)CCN(Cc2ccccc2O)CC1. The third-order valence-electron chi connectivity index (χ3n) is 5.49. The van der Waals surface area contributed by atoms with E-state index in [1.165, 1.54) is 0 Å². The first-order valence-corrected chi connectivity index (χ1v) is 10.4. The number of aromatic hydroxyl groups is 2. The number of nitrogens with zero attached hydrogens (tertiary/aromatic N) is 3. The maximum absolute atomic E-state index is 10.2. The van der Waals surface area contributed by atoms with Gasteiger partial charge < -0.3 is 15.3 Å². The number of benzene rings is 2. The number of aliphatic hydroxyl groups excluding tert-OH is 1. The average Bonchev–Trinajstić information content (AvgIpc) is 2.77. The average molecular weight is 400 g/mol. The van der Waals surface area contributed by atoms with Crippen molar-refractivity contribution in [1.29, 1.82) is 0 Å². The summed E-state index contributed by atoms with van der Waals surface area (Å²) in [6.45, 7) is 9.14. The quantitative estimate of drug-likeness (QED) is 0.691. The van der Waals surface area contributed by atoms with Gasteiger partial charge in [-0.2, -0.15) is 0 Å². The lowest BCUT2D eigenvalue weighted by Gasteiger charge is -2.26. The van der Waals surface area contributed by atoms with Crippen LogP contribution in [0.4, 0.5) is 0 Å². The first-order chi connectivity index (χ1) is 14.0. The fraction of sp³-hybridized carbons (Fsp3) is 0.478. The van der Waals surface area contributed by atoms with Crippen molar-refractivity contribution in [2.24, 2.45) is 0 Å². The van der Waals surface area contributed by atoms with Gasteiger partial charge in [-0.05, 0) is 19.1 Å². The van der Waals surface area contributed by atoms with Crippen molar-refractivity contribution in [3.8, 4) is 11.5 Å². The molecule has 29 heavy (non-hydrogen) atoms. The molecule has 158 valence electrons. The molecule has 1 fully saturated rings. The minimum Gasteiger partial charge on any atom is -0.508 e. The predicted molar refractivity (Wildman–Crippen MR) is 115 cm³/mol. The van der Waals surface area contributed by atoms with Crippen LogP contribution in [-0.2, 0) is 13.1 Å². The van der Waals surface area contributed by atoms with Crippen molar-refractivity contribution >= 4 is 0 Å². The Kier molecular flexibility index (Phi) is 7.89. The van der Waals surface area contributed by atoms with Crippen LogP contribution in [0.5, 0.6) is 11.5 Å². The molecule has 1 saturated heterocycles. The van der Waals surface area contributed by atoms with E-state index in [0.717, 1.165) is 50.4 Å². The first kappa shape index (κ1) is 21.6. The second-order valence-corrected chi connectivity index (χ2v) is 7.96. The zero-order valence-electron chi connectivity index (χ0n) is 17.2. The van der Waals surface area contributed by atoms with Crippen molar-refractivity contribution in [3.63, 3.8) is 0 Å². The minimum atomic E-state index is -0.367. The van der Waals surface area contributed by atoms with Crippen LogP contribution in [0, 0.1) is 0 Å². The van der Waals surface area contributed by atoms with Crippen molar-refractivity contribution < 1.29 is 15.3 Å². The highest BCUT2D eigenvalue weighted by Gasteiger charge is 2.19. The highest BCUT2D eigenvalue weighted by Crippen LogP contribution is 2.20. The fourth-order valence-corrected chi connectivity index (χ4v) is 3.83. The van der Waals surface area contributed by atoms with E-state index in [2.05, 4.69) is 14.7 Å². The van der Waals surface area contributed by atoms with Crippen LogP contribution >= 0.6 is 0 Å². The molecule has 2 aromatic rings. The van der Waals surface area contributed by atoms with Crippen molar-refractivity contribution in [2.45, 2.75) is 26.1 Å². The largest absolute Gasteiger partial charge is 0.508 e. The van der Waals surface area contributed by atoms with Crippen LogP contribution in [0.1, 0.15) is 18.1 Å². The molecule has 0 unspecified atom stereocenters. The van der Waals surface area contributed by atoms with E-state index in [0.29, 0.717) is 31.1 Å². The number of para-hydroxylation sites is 2. The summed E-state index contributed by atoms with van der Waals surface area (Å²) in [5.74, 6) is 0.665. The number of rotatable bonds is 6. The molecule has 0 amide bonds. The molecule has 0 saturated carbocycles. The molecule has 6 heteroatoms. The molecule has 0 aromatic heterocycles. The van der Waals surface area contributed by atoms with Crippen LogP contribution in [-0.4, -0.2) is 81.9 Å². The molecule has 1 atom stereocenters. The summed E-state index contributed by atoms with van der Waals surface area (Å²) < 4.78 is 0. The van der Waals surface area contributed by atoms with E-state index in [1.54, 1.807) is 12.1 Å². The van der Waals surface area contributed by atoms with Gasteiger partial charge in [0.1, 0.15) is 11.5 Å². The summed E-state index contributed by atoms with van der Waals surface area (Å²) in [6, 6.07) is 15.0. The first-order valence-electron chi connectivity index (χ1n) is 10.4. The number of phenols is 2. The Hall–Kier alpha value is -2.12. The normalized spacial score (nSPS) is 18.7. The standard InChI is InChI=1S/C23H33N3O3/c1-19(27)16-24-10-12-25(17-20-6-2-4-8-22(20)28)14-15-26(13-11-24)18-21-7-3-5-9-23(21)29/h2-9,19,27-29H,10-18H2,1H3/t19-/m0/s1. The van der Waals surface area contributed by atoms with Crippen LogP contribution in [0.25, 0.3) is 0 Å². The Morgan fingerprint density at radius 1 is 0.690 bits per heavy atom. The summed E-state index contributed by atoms with van der Waals surface area (Å²) in [6.07, 6.45) is -0.367. The lowest BCUT2D eigenvalue weighted by Crippen LogP contribution is -2.39. The zero-order valence-corrected chi connectivity index (χ0v) is 17.2. The lowest BCUT2D eigenvalue weighted by atomic mass is 10.1. The van der Waals surface area contributed by atoms with Crippen molar-refractivity contribution in [3.05, 3.63) is 59.7 Å². The van der Waals surface area contributed by atoms with Gasteiger partial charge in [-0.1, -0.05) is 36.4 Å². The number of phenolic OH excluding ortho intramolecular Hbond substituents is 2.